The standard InChI is InChI=1S/C28H27NO7/c1-17(2)26(29-28(32)35-15-18-7-5-4-6-8-18)27(31)34-16-20-13-24(30)36-23-12-10-19-9-11-21(33-3)14-22(19)25(20)23/h4-14,17,26H,15-16H2,1-3H3,(H,29,32)/t26-/m0/s1. The number of methoxy groups -OCH3 is 1. The van der Waals surface area contributed by atoms with Crippen molar-refractivity contribution in [3.05, 3.63) is 88.3 Å². The van der Waals surface area contributed by atoms with Crippen molar-refractivity contribution in [1.82, 2.24) is 5.32 Å². The minimum Gasteiger partial charge on any atom is -0.497 e. The molecular formula is C28H27NO7. The summed E-state index contributed by atoms with van der Waals surface area (Å²) in [6.45, 7) is 3.47. The molecule has 0 bridgehead atoms. The second-order valence-corrected chi connectivity index (χ2v) is 8.65. The molecule has 1 atom stereocenters. The van der Waals surface area contributed by atoms with E-state index < -0.39 is 23.7 Å². The molecule has 1 N–H and O–H groups in total. The molecule has 0 aliphatic rings. The lowest BCUT2D eigenvalue weighted by atomic mass is 10.0. The Bertz CT molecular complexity index is 1440. The number of alkyl carbamates (subject to hydrolysis) is 1. The van der Waals surface area contributed by atoms with Crippen LogP contribution in [0.4, 0.5) is 4.79 Å². The van der Waals surface area contributed by atoms with E-state index in [0.717, 1.165) is 16.3 Å². The van der Waals surface area contributed by atoms with Gasteiger partial charge in [-0.25, -0.2) is 14.4 Å². The number of hydrogen-bond acceptors (Lipinski definition) is 7. The molecule has 0 unspecified atom stereocenters. The molecule has 1 heterocycles. The van der Waals surface area contributed by atoms with Crippen molar-refractivity contribution in [3.8, 4) is 5.75 Å². The van der Waals surface area contributed by atoms with Gasteiger partial charge in [-0.05, 0) is 40.5 Å². The number of fused-ring (bicyclic) bond motifs is 3. The zero-order valence-electron chi connectivity index (χ0n) is 20.3. The van der Waals surface area contributed by atoms with Gasteiger partial charge >= 0.3 is 17.7 Å². The maximum Gasteiger partial charge on any atom is 0.408 e. The Morgan fingerprint density at radius 2 is 1.69 bits per heavy atom. The fraction of sp³-hybridized carbons (Fsp3) is 0.250. The van der Waals surface area contributed by atoms with E-state index in [0.29, 0.717) is 22.3 Å². The molecule has 3 aromatic carbocycles. The fourth-order valence-electron chi connectivity index (χ4n) is 3.92. The minimum absolute atomic E-state index is 0.0782. The molecule has 0 saturated heterocycles. The van der Waals surface area contributed by atoms with Crippen molar-refractivity contribution in [1.29, 1.82) is 0 Å². The highest BCUT2D eigenvalue weighted by Gasteiger charge is 2.27. The van der Waals surface area contributed by atoms with E-state index in [9.17, 15) is 14.4 Å². The highest BCUT2D eigenvalue weighted by atomic mass is 16.6. The first-order chi connectivity index (χ1) is 17.4. The molecule has 1 aromatic heterocycles. The van der Waals surface area contributed by atoms with Gasteiger partial charge in [0, 0.05) is 17.0 Å². The van der Waals surface area contributed by atoms with Crippen LogP contribution in [0, 0.1) is 5.92 Å². The minimum atomic E-state index is -0.934. The maximum atomic E-state index is 12.9. The number of carbonyl (C=O) groups is 2. The van der Waals surface area contributed by atoms with Gasteiger partial charge in [0.25, 0.3) is 0 Å². The molecule has 36 heavy (non-hydrogen) atoms. The SMILES string of the molecule is COc1ccc2ccc3oc(=O)cc(COC(=O)[C@@H](NC(=O)OCc4ccccc4)C(C)C)c3c2c1. The molecule has 0 aliphatic carbocycles. The summed E-state index contributed by atoms with van der Waals surface area (Å²) in [5.74, 6) is -0.257. The summed E-state index contributed by atoms with van der Waals surface area (Å²) in [6.07, 6.45) is -0.724. The number of ether oxygens (including phenoxy) is 3. The predicted molar refractivity (Wildman–Crippen MR) is 135 cm³/mol. The second-order valence-electron chi connectivity index (χ2n) is 8.65. The van der Waals surface area contributed by atoms with Crippen LogP contribution in [0.3, 0.4) is 0 Å². The molecule has 4 aromatic rings. The van der Waals surface area contributed by atoms with Gasteiger partial charge in [-0.15, -0.1) is 0 Å². The molecule has 0 radical (unpaired) electrons. The molecule has 8 nitrogen and oxygen atoms in total. The average Bonchev–Trinajstić information content (AvgIpc) is 2.88. The number of nitrogens with one attached hydrogen (secondary N) is 1. The number of amides is 1. The lowest BCUT2D eigenvalue weighted by Gasteiger charge is -2.21. The van der Waals surface area contributed by atoms with Crippen molar-refractivity contribution in [2.45, 2.75) is 33.1 Å². The van der Waals surface area contributed by atoms with Crippen molar-refractivity contribution >= 4 is 33.8 Å². The van der Waals surface area contributed by atoms with Crippen LogP contribution < -0.4 is 15.7 Å². The average molecular weight is 490 g/mol. The molecule has 8 heteroatoms. The van der Waals surface area contributed by atoms with E-state index in [4.69, 9.17) is 18.6 Å². The van der Waals surface area contributed by atoms with Crippen LogP contribution in [-0.2, 0) is 27.5 Å². The Morgan fingerprint density at radius 1 is 0.944 bits per heavy atom. The molecule has 186 valence electrons. The first kappa shape index (κ1) is 24.8. The predicted octanol–water partition coefficient (Wildman–Crippen LogP) is 4.95. The van der Waals surface area contributed by atoms with Crippen LogP contribution in [0.5, 0.6) is 5.75 Å². The number of carbonyl (C=O) groups excluding carboxylic acids is 2. The molecule has 1 amide bonds. The summed E-state index contributed by atoms with van der Waals surface area (Å²) < 4.78 is 21.5. The van der Waals surface area contributed by atoms with Crippen molar-refractivity contribution < 1.29 is 28.2 Å². The zero-order valence-corrected chi connectivity index (χ0v) is 20.3. The Labute approximate surface area is 207 Å². The lowest BCUT2D eigenvalue weighted by molar-refractivity contribution is -0.148. The molecule has 0 saturated carbocycles. The number of esters is 1. The quantitative estimate of drug-likeness (QED) is 0.212. The van der Waals surface area contributed by atoms with Gasteiger partial charge < -0.3 is 23.9 Å². The Kier molecular flexibility index (Phi) is 7.53. The van der Waals surface area contributed by atoms with Crippen LogP contribution in [0.15, 0.2) is 75.9 Å². The monoisotopic (exact) mass is 489 g/mol. The summed E-state index contributed by atoms with van der Waals surface area (Å²) in [5, 5.41) is 4.94. The van der Waals surface area contributed by atoms with Crippen LogP contribution in [-0.4, -0.2) is 25.2 Å². The van der Waals surface area contributed by atoms with E-state index >= 15 is 0 Å². The topological polar surface area (TPSA) is 104 Å². The number of hydrogen-bond donors (Lipinski definition) is 1. The number of benzene rings is 3. The summed E-state index contributed by atoms with van der Waals surface area (Å²) in [5.41, 5.74) is 1.13. The van der Waals surface area contributed by atoms with Gasteiger partial charge in [-0.2, -0.15) is 0 Å². The van der Waals surface area contributed by atoms with Crippen LogP contribution >= 0.6 is 0 Å². The fourth-order valence-corrected chi connectivity index (χ4v) is 3.92. The van der Waals surface area contributed by atoms with E-state index in [1.807, 2.05) is 54.6 Å². The molecular weight excluding hydrogens is 462 g/mol. The molecule has 0 spiro atoms. The summed E-state index contributed by atoms with van der Waals surface area (Å²) in [6, 6.07) is 18.7. The third-order valence-corrected chi connectivity index (χ3v) is 5.79. The molecule has 0 aliphatic heterocycles. The second kappa shape index (κ2) is 10.9. The smallest absolute Gasteiger partial charge is 0.408 e. The third-order valence-electron chi connectivity index (χ3n) is 5.79. The number of rotatable bonds is 8. The normalized spacial score (nSPS) is 11.9. The highest BCUT2D eigenvalue weighted by Crippen LogP contribution is 2.30. The van der Waals surface area contributed by atoms with Gasteiger partial charge in [0.15, 0.2) is 0 Å². The summed E-state index contributed by atoms with van der Waals surface area (Å²) in [7, 11) is 1.57. The highest BCUT2D eigenvalue weighted by molar-refractivity contribution is 6.07. The van der Waals surface area contributed by atoms with Crippen molar-refractivity contribution in [2.75, 3.05) is 7.11 Å². The third kappa shape index (κ3) is 5.66. The van der Waals surface area contributed by atoms with Gasteiger partial charge in [-0.3, -0.25) is 0 Å². The lowest BCUT2D eigenvalue weighted by Crippen LogP contribution is -2.45. The van der Waals surface area contributed by atoms with Gasteiger partial charge in [0.05, 0.1) is 7.11 Å². The summed E-state index contributed by atoms with van der Waals surface area (Å²) >= 11 is 0. The van der Waals surface area contributed by atoms with Crippen molar-refractivity contribution in [3.63, 3.8) is 0 Å². The van der Waals surface area contributed by atoms with Crippen LogP contribution in [0.2, 0.25) is 0 Å². The van der Waals surface area contributed by atoms with Gasteiger partial charge in [-0.1, -0.05) is 56.3 Å². The zero-order chi connectivity index (χ0) is 25.7. The first-order valence-electron chi connectivity index (χ1n) is 11.5. The molecule has 0 fully saturated rings. The summed E-state index contributed by atoms with van der Waals surface area (Å²) in [4.78, 5) is 37.4. The van der Waals surface area contributed by atoms with E-state index in [1.165, 1.54) is 6.07 Å². The van der Waals surface area contributed by atoms with E-state index in [-0.39, 0.29) is 19.1 Å². The van der Waals surface area contributed by atoms with Crippen molar-refractivity contribution in [2.24, 2.45) is 5.92 Å². The van der Waals surface area contributed by atoms with Crippen LogP contribution in [0.25, 0.3) is 21.7 Å². The Morgan fingerprint density at radius 3 is 2.42 bits per heavy atom. The largest absolute Gasteiger partial charge is 0.497 e. The van der Waals surface area contributed by atoms with Gasteiger partial charge in [0.2, 0.25) is 0 Å². The van der Waals surface area contributed by atoms with Gasteiger partial charge in [0.1, 0.15) is 30.6 Å². The Hall–Kier alpha value is -4.33. The van der Waals surface area contributed by atoms with E-state index in [2.05, 4.69) is 5.32 Å². The first-order valence-corrected chi connectivity index (χ1v) is 11.5. The maximum absolute atomic E-state index is 12.9. The van der Waals surface area contributed by atoms with Crippen LogP contribution in [0.1, 0.15) is 25.0 Å². The Balaban J connectivity index is 1.52. The molecule has 4 rings (SSSR count). The van der Waals surface area contributed by atoms with E-state index in [1.54, 1.807) is 27.0 Å².